The van der Waals surface area contributed by atoms with E-state index in [1.54, 1.807) is 0 Å². The number of benzene rings is 1. The lowest BCUT2D eigenvalue weighted by Crippen LogP contribution is -2.32. The third-order valence-corrected chi connectivity index (χ3v) is 4.19. The lowest BCUT2D eigenvalue weighted by Gasteiger charge is -2.15. The largest absolute Gasteiger partial charge is 0.356 e. The Bertz CT molecular complexity index is 708. The van der Waals surface area contributed by atoms with E-state index in [-0.39, 0.29) is 18.2 Å². The van der Waals surface area contributed by atoms with Gasteiger partial charge in [-0.05, 0) is 12.8 Å². The second kappa shape index (κ2) is 8.41. The van der Waals surface area contributed by atoms with Crippen molar-refractivity contribution in [1.82, 2.24) is 20.4 Å². The fraction of sp³-hybridized carbons (Fsp3) is 0.444. The van der Waals surface area contributed by atoms with Gasteiger partial charge in [-0.2, -0.15) is 4.98 Å². The highest BCUT2D eigenvalue weighted by Crippen LogP contribution is 2.15. The molecule has 0 spiro atoms. The first-order chi connectivity index (χ1) is 12.2. The first-order valence-corrected chi connectivity index (χ1v) is 8.65. The topological polar surface area (TPSA) is 88.3 Å². The molecule has 7 nitrogen and oxygen atoms in total. The van der Waals surface area contributed by atoms with Gasteiger partial charge in [0.25, 0.3) is 0 Å². The van der Waals surface area contributed by atoms with Crippen LogP contribution in [0.1, 0.15) is 31.6 Å². The van der Waals surface area contributed by atoms with E-state index in [4.69, 9.17) is 4.52 Å². The molecule has 0 atom stereocenters. The normalized spacial score (nSPS) is 13.8. The second-order valence-corrected chi connectivity index (χ2v) is 6.07. The summed E-state index contributed by atoms with van der Waals surface area (Å²) in [6.07, 6.45) is 3.14. The zero-order chi connectivity index (χ0) is 17.5. The van der Waals surface area contributed by atoms with Crippen LogP contribution in [0.2, 0.25) is 0 Å². The molecule has 1 saturated heterocycles. The average Bonchev–Trinajstić information content (AvgIpc) is 3.32. The third kappa shape index (κ3) is 4.89. The number of carbonyl (C=O) groups is 2. The van der Waals surface area contributed by atoms with Gasteiger partial charge in [-0.15, -0.1) is 0 Å². The van der Waals surface area contributed by atoms with Crippen molar-refractivity contribution in [3.05, 3.63) is 36.2 Å². The maximum Gasteiger partial charge on any atom is 0.227 e. The summed E-state index contributed by atoms with van der Waals surface area (Å²) in [5.41, 5.74) is 0.877. The highest BCUT2D eigenvalue weighted by molar-refractivity contribution is 5.79. The van der Waals surface area contributed by atoms with Gasteiger partial charge >= 0.3 is 0 Å². The van der Waals surface area contributed by atoms with Gasteiger partial charge in [-0.25, -0.2) is 0 Å². The molecule has 0 aliphatic carbocycles. The standard InChI is InChI=1S/C18H22N4O3/c23-15(19-11-10-17(24)22-12-4-5-13-22)8-9-16-20-18(21-25-16)14-6-2-1-3-7-14/h1-3,6-7H,4-5,8-13H2,(H,19,23). The molecule has 3 rings (SSSR count). The molecule has 1 aliphatic heterocycles. The van der Waals surface area contributed by atoms with E-state index in [1.807, 2.05) is 35.2 Å². The van der Waals surface area contributed by atoms with E-state index in [9.17, 15) is 9.59 Å². The second-order valence-electron chi connectivity index (χ2n) is 6.07. The highest BCUT2D eigenvalue weighted by atomic mass is 16.5. The Morgan fingerprint density at radius 3 is 2.64 bits per heavy atom. The van der Waals surface area contributed by atoms with Crippen LogP contribution in [0, 0.1) is 0 Å². The van der Waals surface area contributed by atoms with Crippen LogP contribution in [0.15, 0.2) is 34.9 Å². The zero-order valence-corrected chi connectivity index (χ0v) is 14.1. The average molecular weight is 342 g/mol. The molecule has 0 bridgehead atoms. The number of hydrogen-bond donors (Lipinski definition) is 1. The Labute approximate surface area is 146 Å². The molecule has 132 valence electrons. The van der Waals surface area contributed by atoms with Crippen molar-refractivity contribution in [2.24, 2.45) is 0 Å². The summed E-state index contributed by atoms with van der Waals surface area (Å²) in [7, 11) is 0. The molecule has 1 N–H and O–H groups in total. The molecule has 2 heterocycles. The molecular formula is C18H22N4O3. The van der Waals surface area contributed by atoms with Gasteiger partial charge in [-0.1, -0.05) is 35.5 Å². The minimum absolute atomic E-state index is 0.113. The van der Waals surface area contributed by atoms with Crippen molar-refractivity contribution < 1.29 is 14.1 Å². The van der Waals surface area contributed by atoms with E-state index in [1.165, 1.54) is 0 Å². The van der Waals surface area contributed by atoms with E-state index in [2.05, 4.69) is 15.5 Å². The maximum atomic E-state index is 11.9. The van der Waals surface area contributed by atoms with Crippen LogP contribution in [0.25, 0.3) is 11.4 Å². The predicted octanol–water partition coefficient (Wildman–Crippen LogP) is 1.80. The van der Waals surface area contributed by atoms with Gasteiger partial charge < -0.3 is 14.7 Å². The lowest BCUT2D eigenvalue weighted by molar-refractivity contribution is -0.130. The van der Waals surface area contributed by atoms with Crippen molar-refractivity contribution in [2.45, 2.75) is 32.1 Å². The van der Waals surface area contributed by atoms with Gasteiger partial charge in [0.05, 0.1) is 0 Å². The number of nitrogens with zero attached hydrogens (tertiary/aromatic N) is 3. The summed E-state index contributed by atoms with van der Waals surface area (Å²) in [5.74, 6) is 0.949. The number of hydrogen-bond acceptors (Lipinski definition) is 5. The molecule has 0 saturated carbocycles. The number of amides is 2. The minimum Gasteiger partial charge on any atom is -0.356 e. The fourth-order valence-corrected chi connectivity index (χ4v) is 2.80. The maximum absolute atomic E-state index is 11.9. The number of likely N-dealkylation sites (tertiary alicyclic amines) is 1. The van der Waals surface area contributed by atoms with Crippen LogP contribution in [0.4, 0.5) is 0 Å². The van der Waals surface area contributed by atoms with E-state index in [0.29, 0.717) is 31.1 Å². The molecule has 1 aromatic carbocycles. The van der Waals surface area contributed by atoms with Crippen molar-refractivity contribution in [2.75, 3.05) is 19.6 Å². The molecule has 7 heteroatoms. The summed E-state index contributed by atoms with van der Waals surface area (Å²) in [4.78, 5) is 29.9. The molecule has 1 aliphatic rings. The van der Waals surface area contributed by atoms with Crippen molar-refractivity contribution in [3.8, 4) is 11.4 Å². The summed E-state index contributed by atoms with van der Waals surface area (Å²) in [6.45, 7) is 2.05. The van der Waals surface area contributed by atoms with E-state index >= 15 is 0 Å². The highest BCUT2D eigenvalue weighted by Gasteiger charge is 2.17. The zero-order valence-electron chi connectivity index (χ0n) is 14.1. The first kappa shape index (κ1) is 17.1. The first-order valence-electron chi connectivity index (χ1n) is 8.65. The molecule has 0 radical (unpaired) electrons. The van der Waals surface area contributed by atoms with Gasteiger partial charge in [0, 0.05) is 44.5 Å². The van der Waals surface area contributed by atoms with Crippen LogP contribution >= 0.6 is 0 Å². The summed E-state index contributed by atoms with van der Waals surface area (Å²) in [5, 5.41) is 6.70. The molecule has 1 fully saturated rings. The summed E-state index contributed by atoms with van der Waals surface area (Å²) < 4.78 is 5.18. The van der Waals surface area contributed by atoms with Gasteiger partial charge in [0.1, 0.15) is 0 Å². The van der Waals surface area contributed by atoms with Crippen LogP contribution in [0.3, 0.4) is 0 Å². The molecule has 2 aromatic rings. The van der Waals surface area contributed by atoms with E-state index < -0.39 is 0 Å². The van der Waals surface area contributed by atoms with Gasteiger partial charge in [-0.3, -0.25) is 9.59 Å². The lowest BCUT2D eigenvalue weighted by atomic mass is 10.2. The number of carbonyl (C=O) groups excluding carboxylic acids is 2. The summed E-state index contributed by atoms with van der Waals surface area (Å²) >= 11 is 0. The van der Waals surface area contributed by atoms with Gasteiger partial charge in [0.15, 0.2) is 0 Å². The van der Waals surface area contributed by atoms with Crippen LogP contribution in [-0.2, 0) is 16.0 Å². The number of aryl methyl sites for hydroxylation is 1. The molecule has 2 amide bonds. The predicted molar refractivity (Wildman–Crippen MR) is 91.5 cm³/mol. The summed E-state index contributed by atoms with van der Waals surface area (Å²) in [6, 6.07) is 9.53. The van der Waals surface area contributed by atoms with Crippen molar-refractivity contribution in [1.29, 1.82) is 0 Å². The Balaban J connectivity index is 1.37. The van der Waals surface area contributed by atoms with Crippen LogP contribution < -0.4 is 5.32 Å². The molecular weight excluding hydrogens is 320 g/mol. The molecule has 1 aromatic heterocycles. The fourth-order valence-electron chi connectivity index (χ4n) is 2.80. The quantitative estimate of drug-likeness (QED) is 0.829. The molecule has 25 heavy (non-hydrogen) atoms. The van der Waals surface area contributed by atoms with Crippen molar-refractivity contribution >= 4 is 11.8 Å². The number of aromatic nitrogens is 2. The Morgan fingerprint density at radius 2 is 1.88 bits per heavy atom. The SMILES string of the molecule is O=C(CCc1nc(-c2ccccc2)no1)NCCC(=O)N1CCCC1. The Hall–Kier alpha value is -2.70. The van der Waals surface area contributed by atoms with Crippen LogP contribution in [0.5, 0.6) is 0 Å². The smallest absolute Gasteiger partial charge is 0.227 e. The Kier molecular flexibility index (Phi) is 5.77. The monoisotopic (exact) mass is 342 g/mol. The van der Waals surface area contributed by atoms with Gasteiger partial charge in [0.2, 0.25) is 23.5 Å². The van der Waals surface area contributed by atoms with E-state index in [0.717, 1.165) is 31.5 Å². The number of nitrogens with one attached hydrogen (secondary N) is 1. The third-order valence-electron chi connectivity index (χ3n) is 4.19. The van der Waals surface area contributed by atoms with Crippen LogP contribution in [-0.4, -0.2) is 46.5 Å². The Morgan fingerprint density at radius 1 is 1.12 bits per heavy atom. The number of rotatable bonds is 7. The molecule has 0 unspecified atom stereocenters. The van der Waals surface area contributed by atoms with Crippen molar-refractivity contribution in [3.63, 3.8) is 0 Å². The minimum atomic E-state index is -0.117.